The number of nitrogens with zero attached hydrogens (tertiary/aromatic N) is 1. The topological polar surface area (TPSA) is 32.3 Å². The van der Waals surface area contributed by atoms with Gasteiger partial charge in [-0.1, -0.05) is 12.5 Å². The molecule has 2 atom stereocenters. The highest BCUT2D eigenvalue weighted by atomic mass is 19.1. The second-order valence-electron chi connectivity index (χ2n) is 5.54. The van der Waals surface area contributed by atoms with Crippen LogP contribution in [0.3, 0.4) is 0 Å². The van der Waals surface area contributed by atoms with Gasteiger partial charge in [0.25, 0.3) is 5.91 Å². The van der Waals surface area contributed by atoms with Crippen molar-refractivity contribution in [3.05, 3.63) is 35.6 Å². The number of fused-ring (bicyclic) bond motifs is 1. The maximum absolute atomic E-state index is 13.2. The zero-order chi connectivity index (χ0) is 13.2. The number of nitrogens with one attached hydrogen (secondary N) is 1. The molecule has 2 fully saturated rings. The Morgan fingerprint density at radius 3 is 3.05 bits per heavy atom. The molecule has 2 aliphatic heterocycles. The summed E-state index contributed by atoms with van der Waals surface area (Å²) in [5, 5.41) is 3.52. The minimum Gasteiger partial charge on any atom is -0.337 e. The maximum atomic E-state index is 13.2. The molecule has 0 unspecified atom stereocenters. The Morgan fingerprint density at radius 1 is 1.32 bits per heavy atom. The van der Waals surface area contributed by atoms with Crippen LogP contribution >= 0.6 is 0 Å². The van der Waals surface area contributed by atoms with E-state index in [1.54, 1.807) is 12.1 Å². The number of carbonyl (C=O) groups is 1. The lowest BCUT2D eigenvalue weighted by Crippen LogP contribution is -2.36. The van der Waals surface area contributed by atoms with Crippen LogP contribution in [0.1, 0.15) is 29.6 Å². The van der Waals surface area contributed by atoms with Gasteiger partial charge in [0.1, 0.15) is 5.82 Å². The van der Waals surface area contributed by atoms with E-state index in [1.165, 1.54) is 31.4 Å². The van der Waals surface area contributed by atoms with Crippen molar-refractivity contribution in [1.82, 2.24) is 10.2 Å². The predicted octanol–water partition coefficient (Wildman–Crippen LogP) is 2.04. The first-order chi connectivity index (χ1) is 9.24. The number of amides is 1. The average Bonchev–Trinajstić information content (AvgIpc) is 2.69. The number of halogens is 1. The van der Waals surface area contributed by atoms with Gasteiger partial charge in [0.05, 0.1) is 0 Å². The molecule has 1 amide bonds. The molecule has 1 aromatic carbocycles. The van der Waals surface area contributed by atoms with Gasteiger partial charge in [-0.2, -0.15) is 0 Å². The van der Waals surface area contributed by atoms with Crippen molar-refractivity contribution in [2.75, 3.05) is 19.6 Å². The lowest BCUT2D eigenvalue weighted by Gasteiger charge is -2.17. The lowest BCUT2D eigenvalue weighted by molar-refractivity contribution is 0.0783. The van der Waals surface area contributed by atoms with E-state index in [1.807, 2.05) is 4.90 Å². The molecule has 19 heavy (non-hydrogen) atoms. The fourth-order valence-corrected chi connectivity index (χ4v) is 3.18. The van der Waals surface area contributed by atoms with Crippen LogP contribution in [0.2, 0.25) is 0 Å². The van der Waals surface area contributed by atoms with Gasteiger partial charge in [-0.15, -0.1) is 0 Å². The Bertz CT molecular complexity index is 463. The fraction of sp³-hybridized carbons (Fsp3) is 0.533. The second-order valence-corrected chi connectivity index (χ2v) is 5.54. The van der Waals surface area contributed by atoms with E-state index in [-0.39, 0.29) is 11.7 Å². The van der Waals surface area contributed by atoms with Crippen LogP contribution in [0.15, 0.2) is 24.3 Å². The number of hydrogen-bond acceptors (Lipinski definition) is 2. The molecule has 0 spiro atoms. The van der Waals surface area contributed by atoms with E-state index in [0.29, 0.717) is 17.5 Å². The van der Waals surface area contributed by atoms with Gasteiger partial charge in [-0.25, -0.2) is 4.39 Å². The molecule has 3 rings (SSSR count). The summed E-state index contributed by atoms with van der Waals surface area (Å²) < 4.78 is 13.2. The quantitative estimate of drug-likeness (QED) is 0.840. The van der Waals surface area contributed by atoms with Crippen LogP contribution in [-0.2, 0) is 0 Å². The Morgan fingerprint density at radius 2 is 2.21 bits per heavy atom. The molecule has 102 valence electrons. The molecular weight excluding hydrogens is 243 g/mol. The van der Waals surface area contributed by atoms with E-state index in [2.05, 4.69) is 5.32 Å². The normalized spacial score (nSPS) is 26.9. The van der Waals surface area contributed by atoms with E-state index < -0.39 is 0 Å². The summed E-state index contributed by atoms with van der Waals surface area (Å²) in [7, 11) is 0. The van der Waals surface area contributed by atoms with Crippen LogP contribution in [0.25, 0.3) is 0 Å². The molecule has 1 N–H and O–H groups in total. The number of benzene rings is 1. The number of likely N-dealkylation sites (tertiary alicyclic amines) is 1. The average molecular weight is 262 g/mol. The minimum atomic E-state index is -0.350. The van der Waals surface area contributed by atoms with Gasteiger partial charge >= 0.3 is 0 Å². The van der Waals surface area contributed by atoms with Crippen molar-refractivity contribution in [3.63, 3.8) is 0 Å². The zero-order valence-electron chi connectivity index (χ0n) is 10.9. The zero-order valence-corrected chi connectivity index (χ0v) is 10.9. The molecule has 2 heterocycles. The van der Waals surface area contributed by atoms with E-state index in [4.69, 9.17) is 0 Å². The van der Waals surface area contributed by atoms with Crippen molar-refractivity contribution in [1.29, 1.82) is 0 Å². The molecule has 0 bridgehead atoms. The van der Waals surface area contributed by atoms with Gasteiger partial charge in [0, 0.05) is 24.7 Å². The van der Waals surface area contributed by atoms with Crippen molar-refractivity contribution >= 4 is 5.91 Å². The van der Waals surface area contributed by atoms with E-state index in [9.17, 15) is 9.18 Å². The molecule has 2 saturated heterocycles. The molecule has 0 aliphatic carbocycles. The van der Waals surface area contributed by atoms with E-state index >= 15 is 0 Å². The molecule has 4 heteroatoms. The minimum absolute atomic E-state index is 0.0469. The first-order valence-corrected chi connectivity index (χ1v) is 7.02. The molecule has 0 aromatic heterocycles. The highest BCUT2D eigenvalue weighted by Crippen LogP contribution is 2.26. The Labute approximate surface area is 112 Å². The molecule has 2 aliphatic rings. The third-order valence-electron chi connectivity index (χ3n) is 4.21. The van der Waals surface area contributed by atoms with Crippen LogP contribution < -0.4 is 5.32 Å². The smallest absolute Gasteiger partial charge is 0.254 e. The van der Waals surface area contributed by atoms with Crippen molar-refractivity contribution < 1.29 is 9.18 Å². The van der Waals surface area contributed by atoms with Crippen LogP contribution in [-0.4, -0.2) is 36.5 Å². The SMILES string of the molecule is O=C(c1cccc(F)c1)N1C[C@@H]2CCCCN[C@@H]2C1. The molecule has 3 nitrogen and oxygen atoms in total. The monoisotopic (exact) mass is 262 g/mol. The Kier molecular flexibility index (Phi) is 3.51. The van der Waals surface area contributed by atoms with Gasteiger partial charge in [-0.05, 0) is 43.5 Å². The van der Waals surface area contributed by atoms with Crippen molar-refractivity contribution in [2.45, 2.75) is 25.3 Å². The highest BCUT2D eigenvalue weighted by molar-refractivity contribution is 5.94. The summed E-state index contributed by atoms with van der Waals surface area (Å²) in [6.07, 6.45) is 3.64. The van der Waals surface area contributed by atoms with Crippen molar-refractivity contribution in [3.8, 4) is 0 Å². The summed E-state index contributed by atoms with van der Waals surface area (Å²) in [6.45, 7) is 2.59. The van der Waals surface area contributed by atoms with Gasteiger partial charge in [0.15, 0.2) is 0 Å². The van der Waals surface area contributed by atoms with Gasteiger partial charge in [-0.3, -0.25) is 4.79 Å². The predicted molar refractivity (Wildman–Crippen MR) is 71.4 cm³/mol. The third kappa shape index (κ3) is 2.63. The summed E-state index contributed by atoms with van der Waals surface area (Å²) in [5.74, 6) is 0.159. The molecule has 0 saturated carbocycles. The van der Waals surface area contributed by atoms with Crippen LogP contribution in [0.4, 0.5) is 4.39 Å². The van der Waals surface area contributed by atoms with E-state index in [0.717, 1.165) is 19.6 Å². The lowest BCUT2D eigenvalue weighted by atomic mass is 9.99. The maximum Gasteiger partial charge on any atom is 0.254 e. The standard InChI is InChI=1S/C15H19FN2O/c16-13-6-3-5-11(8-13)15(19)18-9-12-4-1-2-7-17-14(12)10-18/h3,5-6,8,12,14,17H,1-2,4,7,9-10H2/t12-,14+/m0/s1. The summed E-state index contributed by atoms with van der Waals surface area (Å²) in [6, 6.07) is 6.39. The Balaban J connectivity index is 1.72. The first kappa shape index (κ1) is 12.6. The largest absolute Gasteiger partial charge is 0.337 e. The second kappa shape index (κ2) is 5.29. The molecular formula is C15H19FN2O. The van der Waals surface area contributed by atoms with Gasteiger partial charge < -0.3 is 10.2 Å². The number of carbonyl (C=O) groups excluding carboxylic acids is 1. The van der Waals surface area contributed by atoms with Gasteiger partial charge in [0.2, 0.25) is 0 Å². The first-order valence-electron chi connectivity index (χ1n) is 7.02. The van der Waals surface area contributed by atoms with Crippen molar-refractivity contribution in [2.24, 2.45) is 5.92 Å². The number of rotatable bonds is 1. The van der Waals surface area contributed by atoms with Crippen LogP contribution in [0, 0.1) is 11.7 Å². The third-order valence-corrected chi connectivity index (χ3v) is 4.21. The fourth-order valence-electron chi connectivity index (χ4n) is 3.18. The highest BCUT2D eigenvalue weighted by Gasteiger charge is 2.35. The Hall–Kier alpha value is -1.42. The molecule has 1 aromatic rings. The summed E-state index contributed by atoms with van der Waals surface area (Å²) in [5.41, 5.74) is 0.455. The summed E-state index contributed by atoms with van der Waals surface area (Å²) >= 11 is 0. The van der Waals surface area contributed by atoms with Crippen LogP contribution in [0.5, 0.6) is 0 Å². The molecule has 0 radical (unpaired) electrons. The summed E-state index contributed by atoms with van der Waals surface area (Å²) in [4.78, 5) is 14.2. The number of hydrogen-bond donors (Lipinski definition) is 1.